The maximum atomic E-state index is 13.7. The monoisotopic (exact) mass is 496 g/mol. The molecule has 6 nitrogen and oxygen atoms in total. The third-order valence-corrected chi connectivity index (χ3v) is 7.15. The zero-order valence-corrected chi connectivity index (χ0v) is 20.9. The summed E-state index contributed by atoms with van der Waals surface area (Å²) in [6, 6.07) is 13.3. The van der Waals surface area contributed by atoms with E-state index in [-0.39, 0.29) is 30.2 Å². The van der Waals surface area contributed by atoms with E-state index in [0.29, 0.717) is 30.2 Å². The van der Waals surface area contributed by atoms with Gasteiger partial charge in [0, 0.05) is 17.5 Å². The highest BCUT2D eigenvalue weighted by Crippen LogP contribution is 2.34. The van der Waals surface area contributed by atoms with E-state index in [9.17, 15) is 14.0 Å². The van der Waals surface area contributed by atoms with Crippen LogP contribution in [0.1, 0.15) is 39.2 Å². The molecule has 1 aliphatic rings. The summed E-state index contributed by atoms with van der Waals surface area (Å²) >= 11 is 1.59. The first-order valence-corrected chi connectivity index (χ1v) is 12.4. The number of nitrogens with zero attached hydrogens (tertiary/aromatic N) is 2. The first kappa shape index (κ1) is 24.7. The first-order chi connectivity index (χ1) is 16.9. The highest BCUT2D eigenvalue weighted by Gasteiger charge is 2.37. The zero-order valence-electron chi connectivity index (χ0n) is 20.1. The summed E-state index contributed by atoms with van der Waals surface area (Å²) in [5.41, 5.74) is 2.25. The molecule has 2 amide bonds. The quantitative estimate of drug-likeness (QED) is 0.394. The maximum absolute atomic E-state index is 13.7. The lowest BCUT2D eigenvalue weighted by Gasteiger charge is -2.28. The molecule has 0 radical (unpaired) electrons. The highest BCUT2D eigenvalue weighted by atomic mass is 32.1. The van der Waals surface area contributed by atoms with E-state index in [1.54, 1.807) is 51.5 Å². The smallest absolute Gasteiger partial charge is 0.262 e. The fraction of sp³-hybridized carbons (Fsp3) is 0.333. The van der Waals surface area contributed by atoms with Gasteiger partial charge >= 0.3 is 0 Å². The number of thiophene rings is 1. The molecule has 0 unspecified atom stereocenters. The standard InChI is InChI=1S/C27H29FN2O4S/c1-18-13-14-35-24(18)16-29(15-19-7-9-20(28)10-8-19)25(31)17-30(21-11-12-21)27(32)26-22(33-2)5-4-6-23(26)34-3/h4-10,13-14,21H,11-12,15-17H2,1-3H3. The Balaban J connectivity index is 1.60. The summed E-state index contributed by atoms with van der Waals surface area (Å²) in [6.45, 7) is 2.70. The minimum Gasteiger partial charge on any atom is -0.496 e. The van der Waals surface area contributed by atoms with Gasteiger partial charge in [-0.15, -0.1) is 11.3 Å². The molecule has 0 spiro atoms. The Labute approximate surface area is 208 Å². The zero-order chi connectivity index (χ0) is 24.9. The van der Waals surface area contributed by atoms with Crippen LogP contribution in [0.3, 0.4) is 0 Å². The second-order valence-corrected chi connectivity index (χ2v) is 9.61. The van der Waals surface area contributed by atoms with Gasteiger partial charge in [0.15, 0.2) is 0 Å². The molecule has 4 rings (SSSR count). The van der Waals surface area contributed by atoms with Crippen molar-refractivity contribution in [1.29, 1.82) is 0 Å². The van der Waals surface area contributed by atoms with Crippen LogP contribution in [-0.2, 0) is 17.9 Å². The van der Waals surface area contributed by atoms with Gasteiger partial charge in [-0.3, -0.25) is 9.59 Å². The Morgan fingerprint density at radius 3 is 2.20 bits per heavy atom. The summed E-state index contributed by atoms with van der Waals surface area (Å²) < 4.78 is 24.3. The van der Waals surface area contributed by atoms with Crippen LogP contribution in [0.15, 0.2) is 53.9 Å². The van der Waals surface area contributed by atoms with Gasteiger partial charge in [0.2, 0.25) is 5.91 Å². The van der Waals surface area contributed by atoms with E-state index >= 15 is 0 Å². The van der Waals surface area contributed by atoms with Crippen LogP contribution in [0, 0.1) is 12.7 Å². The number of ether oxygens (including phenoxy) is 2. The number of aryl methyl sites for hydroxylation is 1. The third-order valence-electron chi connectivity index (χ3n) is 6.14. The number of halogens is 1. The molecule has 35 heavy (non-hydrogen) atoms. The normalized spacial score (nSPS) is 12.8. The van der Waals surface area contributed by atoms with Gasteiger partial charge < -0.3 is 19.3 Å². The molecule has 184 valence electrons. The molecule has 0 atom stereocenters. The van der Waals surface area contributed by atoms with E-state index in [0.717, 1.165) is 28.8 Å². The predicted octanol–water partition coefficient (Wildman–Crippen LogP) is 5.05. The van der Waals surface area contributed by atoms with Crippen molar-refractivity contribution in [1.82, 2.24) is 9.80 Å². The topological polar surface area (TPSA) is 59.1 Å². The van der Waals surface area contributed by atoms with Crippen molar-refractivity contribution in [3.8, 4) is 11.5 Å². The van der Waals surface area contributed by atoms with E-state index in [4.69, 9.17) is 9.47 Å². The van der Waals surface area contributed by atoms with E-state index < -0.39 is 0 Å². The summed E-state index contributed by atoms with van der Waals surface area (Å²) in [5, 5.41) is 2.00. The van der Waals surface area contributed by atoms with Crippen molar-refractivity contribution in [2.45, 2.75) is 38.9 Å². The van der Waals surface area contributed by atoms with Crippen molar-refractivity contribution in [3.63, 3.8) is 0 Å². The van der Waals surface area contributed by atoms with Gasteiger partial charge in [0.1, 0.15) is 29.4 Å². The number of hydrogen-bond acceptors (Lipinski definition) is 5. The summed E-state index contributed by atoms with van der Waals surface area (Å²) in [7, 11) is 3.01. The molecule has 1 fully saturated rings. The maximum Gasteiger partial charge on any atom is 0.262 e. The molecule has 0 saturated heterocycles. The van der Waals surface area contributed by atoms with Gasteiger partial charge in [-0.2, -0.15) is 0 Å². The molecule has 0 aliphatic heterocycles. The molecular weight excluding hydrogens is 467 g/mol. The van der Waals surface area contributed by atoms with Crippen LogP contribution in [0.2, 0.25) is 0 Å². The third kappa shape index (κ3) is 5.82. The van der Waals surface area contributed by atoms with Crippen molar-refractivity contribution >= 4 is 23.2 Å². The number of carbonyl (C=O) groups is 2. The predicted molar refractivity (Wildman–Crippen MR) is 133 cm³/mol. The number of hydrogen-bond donors (Lipinski definition) is 0. The molecule has 2 aromatic carbocycles. The van der Waals surface area contributed by atoms with Gasteiger partial charge in [0.05, 0.1) is 20.8 Å². The van der Waals surface area contributed by atoms with Gasteiger partial charge in [-0.25, -0.2) is 4.39 Å². The second-order valence-electron chi connectivity index (χ2n) is 8.60. The number of carbonyl (C=O) groups excluding carboxylic acids is 2. The summed E-state index contributed by atoms with van der Waals surface area (Å²) in [5.74, 6) is 0.0343. The number of methoxy groups -OCH3 is 2. The molecule has 0 bridgehead atoms. The van der Waals surface area contributed by atoms with E-state index in [1.807, 2.05) is 18.4 Å². The Bertz CT molecular complexity index is 1170. The molecule has 1 heterocycles. The van der Waals surface area contributed by atoms with Gasteiger partial charge in [-0.1, -0.05) is 18.2 Å². The molecular formula is C27H29FN2O4S. The minimum absolute atomic E-state index is 0.00258. The first-order valence-electron chi connectivity index (χ1n) is 11.5. The van der Waals surface area contributed by atoms with Crippen molar-refractivity contribution in [2.75, 3.05) is 20.8 Å². The Morgan fingerprint density at radius 2 is 1.66 bits per heavy atom. The fourth-order valence-corrected chi connectivity index (χ4v) is 4.91. The van der Waals surface area contributed by atoms with Crippen LogP contribution in [0.5, 0.6) is 11.5 Å². The summed E-state index contributed by atoms with van der Waals surface area (Å²) in [6.07, 6.45) is 1.69. The van der Waals surface area contributed by atoms with Crippen LogP contribution in [-0.4, -0.2) is 48.4 Å². The SMILES string of the molecule is COc1cccc(OC)c1C(=O)N(CC(=O)N(Cc1ccc(F)cc1)Cc1sccc1C)C1CC1. The number of rotatable bonds is 10. The van der Waals surface area contributed by atoms with Crippen LogP contribution < -0.4 is 9.47 Å². The lowest BCUT2D eigenvalue weighted by molar-refractivity contribution is -0.133. The van der Waals surface area contributed by atoms with Gasteiger partial charge in [0.25, 0.3) is 5.91 Å². The van der Waals surface area contributed by atoms with Crippen molar-refractivity contribution < 1.29 is 23.5 Å². The molecule has 1 aromatic heterocycles. The second kappa shape index (κ2) is 10.9. The largest absolute Gasteiger partial charge is 0.496 e. The highest BCUT2D eigenvalue weighted by molar-refractivity contribution is 7.10. The van der Waals surface area contributed by atoms with Crippen LogP contribution in [0.4, 0.5) is 4.39 Å². The van der Waals surface area contributed by atoms with Crippen LogP contribution >= 0.6 is 11.3 Å². The average molecular weight is 497 g/mol. The number of amides is 2. The van der Waals surface area contributed by atoms with E-state index in [1.165, 1.54) is 26.4 Å². The van der Waals surface area contributed by atoms with Crippen LogP contribution in [0.25, 0.3) is 0 Å². The lowest BCUT2D eigenvalue weighted by atomic mass is 10.1. The molecule has 1 aliphatic carbocycles. The Morgan fingerprint density at radius 1 is 1.00 bits per heavy atom. The van der Waals surface area contributed by atoms with Crippen molar-refractivity contribution in [2.24, 2.45) is 0 Å². The Kier molecular flexibility index (Phi) is 7.70. The van der Waals surface area contributed by atoms with Gasteiger partial charge in [-0.05, 0) is 66.6 Å². The average Bonchev–Trinajstić information content (AvgIpc) is 3.63. The minimum atomic E-state index is -0.322. The molecule has 1 saturated carbocycles. The number of benzene rings is 2. The summed E-state index contributed by atoms with van der Waals surface area (Å²) in [4.78, 5) is 31.7. The Hall–Kier alpha value is -3.39. The molecule has 0 N–H and O–H groups in total. The van der Waals surface area contributed by atoms with E-state index in [2.05, 4.69) is 0 Å². The molecule has 3 aromatic rings. The lowest BCUT2D eigenvalue weighted by Crippen LogP contribution is -2.43. The fourth-order valence-electron chi connectivity index (χ4n) is 3.99. The van der Waals surface area contributed by atoms with Crippen molar-refractivity contribution in [3.05, 3.63) is 81.3 Å². The molecule has 8 heteroatoms.